The van der Waals surface area contributed by atoms with E-state index < -0.39 is 5.60 Å². The third-order valence-corrected chi connectivity index (χ3v) is 2.94. The van der Waals surface area contributed by atoms with Gasteiger partial charge < -0.3 is 5.11 Å². The Morgan fingerprint density at radius 2 is 1.44 bits per heavy atom. The highest BCUT2D eigenvalue weighted by atomic mass is 16.3. The van der Waals surface area contributed by atoms with Gasteiger partial charge in [0.05, 0.1) is 5.60 Å². The summed E-state index contributed by atoms with van der Waals surface area (Å²) in [6, 6.07) is 0. The number of aliphatic hydroxyl groups is 1. The first-order valence-electron chi connectivity index (χ1n) is 6.31. The van der Waals surface area contributed by atoms with Crippen molar-refractivity contribution in [1.82, 2.24) is 0 Å². The van der Waals surface area contributed by atoms with Gasteiger partial charge in [0.1, 0.15) is 0 Å². The lowest BCUT2D eigenvalue weighted by Gasteiger charge is -2.28. The van der Waals surface area contributed by atoms with Gasteiger partial charge >= 0.3 is 0 Å². The Bertz CT molecular complexity index is 241. The average Bonchev–Trinajstić information content (AvgIpc) is 1.99. The Labute approximate surface area is 101 Å². The Hall–Kier alpha value is -0.520. The Kier molecular flexibility index (Phi) is 6.07. The van der Waals surface area contributed by atoms with Crippen LogP contribution in [0.4, 0.5) is 0 Å². The molecule has 1 N–H and O–H groups in total. The molecule has 1 nitrogen and oxygen atoms in total. The molecule has 0 aromatic carbocycles. The van der Waals surface area contributed by atoms with E-state index in [0.717, 1.165) is 0 Å². The second-order valence-electron chi connectivity index (χ2n) is 6.06. The van der Waals surface area contributed by atoms with Crippen LogP contribution in [0.15, 0.2) is 17.9 Å². The number of hydrogen-bond donors (Lipinski definition) is 1. The van der Waals surface area contributed by atoms with Crippen LogP contribution in [-0.2, 0) is 0 Å². The fourth-order valence-corrected chi connectivity index (χ4v) is 2.50. The predicted octanol–water partition coefficient (Wildman–Crippen LogP) is 4.03. The van der Waals surface area contributed by atoms with Crippen LogP contribution in [0.3, 0.4) is 0 Å². The number of rotatable bonds is 5. The lowest BCUT2D eigenvalue weighted by atomic mass is 9.77. The van der Waals surface area contributed by atoms with E-state index in [1.807, 2.05) is 0 Å². The summed E-state index contributed by atoms with van der Waals surface area (Å²) in [5.41, 5.74) is 2.35. The summed E-state index contributed by atoms with van der Waals surface area (Å²) in [5, 5.41) is 9.55. The highest BCUT2D eigenvalue weighted by Crippen LogP contribution is 2.29. The summed E-state index contributed by atoms with van der Waals surface area (Å²) >= 11 is 0. The van der Waals surface area contributed by atoms with E-state index in [9.17, 15) is 5.11 Å². The molecule has 0 fully saturated rings. The van der Waals surface area contributed by atoms with Gasteiger partial charge in [-0.25, -0.2) is 0 Å². The zero-order valence-corrected chi connectivity index (χ0v) is 11.9. The van der Waals surface area contributed by atoms with Crippen LogP contribution in [-0.4, -0.2) is 10.7 Å². The average molecular weight is 224 g/mol. The van der Waals surface area contributed by atoms with Crippen LogP contribution in [0.1, 0.15) is 48.5 Å². The summed E-state index contributed by atoms with van der Waals surface area (Å²) in [6.07, 6.45) is 3.81. The van der Waals surface area contributed by atoms with Gasteiger partial charge in [-0.15, -0.1) is 5.73 Å². The molecule has 0 aliphatic heterocycles. The van der Waals surface area contributed by atoms with Crippen LogP contribution in [0, 0.1) is 23.7 Å². The molecular formula is C15H28O. The van der Waals surface area contributed by atoms with Gasteiger partial charge in [0.25, 0.3) is 0 Å². The van der Waals surface area contributed by atoms with E-state index in [4.69, 9.17) is 0 Å². The molecule has 0 bridgehead atoms. The molecular weight excluding hydrogens is 196 g/mol. The minimum atomic E-state index is -0.763. The van der Waals surface area contributed by atoms with Gasteiger partial charge in [0, 0.05) is 0 Å². The lowest BCUT2D eigenvalue weighted by Crippen LogP contribution is -2.22. The molecule has 0 spiro atoms. The maximum atomic E-state index is 9.55. The zero-order chi connectivity index (χ0) is 12.9. The second kappa shape index (κ2) is 6.27. The van der Waals surface area contributed by atoms with Crippen molar-refractivity contribution in [2.75, 3.05) is 0 Å². The lowest BCUT2D eigenvalue weighted by molar-refractivity contribution is 0.133. The molecule has 0 saturated heterocycles. The smallest absolute Gasteiger partial charge is 0.0844 e. The summed E-state index contributed by atoms with van der Waals surface area (Å²) in [6.45, 7) is 14.9. The van der Waals surface area contributed by atoms with E-state index in [1.54, 1.807) is 19.9 Å². The topological polar surface area (TPSA) is 20.2 Å². The minimum Gasteiger partial charge on any atom is -0.386 e. The van der Waals surface area contributed by atoms with Crippen molar-refractivity contribution >= 4 is 0 Å². The van der Waals surface area contributed by atoms with Crippen LogP contribution in [0.5, 0.6) is 0 Å². The van der Waals surface area contributed by atoms with E-state index in [2.05, 4.69) is 46.4 Å². The molecule has 0 heterocycles. The fraction of sp³-hybridized carbons (Fsp3) is 0.800. The van der Waals surface area contributed by atoms with Gasteiger partial charge in [-0.1, -0.05) is 34.6 Å². The molecule has 0 radical (unpaired) electrons. The molecule has 0 aromatic heterocycles. The highest BCUT2D eigenvalue weighted by Gasteiger charge is 2.22. The molecule has 0 saturated carbocycles. The van der Waals surface area contributed by atoms with Crippen molar-refractivity contribution in [2.24, 2.45) is 23.7 Å². The van der Waals surface area contributed by atoms with E-state index >= 15 is 0 Å². The van der Waals surface area contributed by atoms with Gasteiger partial charge in [0.15, 0.2) is 0 Å². The zero-order valence-electron chi connectivity index (χ0n) is 11.9. The molecule has 1 heteroatoms. The van der Waals surface area contributed by atoms with E-state index in [0.29, 0.717) is 23.7 Å². The van der Waals surface area contributed by atoms with Gasteiger partial charge in [-0.05, 0) is 49.7 Å². The van der Waals surface area contributed by atoms with Crippen LogP contribution < -0.4 is 0 Å². The normalized spacial score (nSPS) is 14.2. The largest absolute Gasteiger partial charge is 0.386 e. The van der Waals surface area contributed by atoms with Crippen LogP contribution >= 0.6 is 0 Å². The summed E-state index contributed by atoms with van der Waals surface area (Å²) in [4.78, 5) is 0. The molecule has 0 amide bonds. The predicted molar refractivity (Wildman–Crippen MR) is 71.3 cm³/mol. The maximum absolute atomic E-state index is 9.55. The molecule has 0 aromatic rings. The molecule has 0 rings (SSSR count). The van der Waals surface area contributed by atoms with Crippen LogP contribution in [0.25, 0.3) is 0 Å². The van der Waals surface area contributed by atoms with Crippen LogP contribution in [0.2, 0.25) is 0 Å². The monoisotopic (exact) mass is 224 g/mol. The Morgan fingerprint density at radius 1 is 1.00 bits per heavy atom. The molecule has 16 heavy (non-hydrogen) atoms. The van der Waals surface area contributed by atoms with Gasteiger partial charge in [-0.2, -0.15) is 0 Å². The van der Waals surface area contributed by atoms with Gasteiger partial charge in [-0.3, -0.25) is 0 Å². The van der Waals surface area contributed by atoms with Crippen molar-refractivity contribution in [2.45, 2.75) is 54.1 Å². The summed E-state index contributed by atoms with van der Waals surface area (Å²) < 4.78 is 0. The maximum Gasteiger partial charge on any atom is 0.0844 e. The van der Waals surface area contributed by atoms with Crippen molar-refractivity contribution in [3.05, 3.63) is 17.9 Å². The first-order chi connectivity index (χ1) is 7.15. The highest BCUT2D eigenvalue weighted by molar-refractivity contribution is 4.98. The SMILES string of the molecule is CC(C)C(C(C)C)C(C)C=C=CC(C)(C)O. The quantitative estimate of drug-likeness (QED) is 0.699. The van der Waals surface area contributed by atoms with E-state index in [1.165, 1.54) is 0 Å². The number of hydrogen-bond acceptors (Lipinski definition) is 1. The second-order valence-corrected chi connectivity index (χ2v) is 6.06. The standard InChI is InChI=1S/C15H28O/c1-11(2)14(12(3)4)13(5)9-8-10-15(6,7)16/h9-14,16H,1-7H3. The third kappa shape index (κ3) is 6.15. The molecule has 0 aliphatic rings. The molecule has 94 valence electrons. The Morgan fingerprint density at radius 3 is 1.75 bits per heavy atom. The van der Waals surface area contributed by atoms with Crippen molar-refractivity contribution in [1.29, 1.82) is 0 Å². The van der Waals surface area contributed by atoms with E-state index in [-0.39, 0.29) is 0 Å². The Balaban J connectivity index is 4.66. The summed E-state index contributed by atoms with van der Waals surface area (Å²) in [7, 11) is 0. The summed E-state index contributed by atoms with van der Waals surface area (Å²) in [5.74, 6) is 2.52. The molecule has 1 atom stereocenters. The van der Waals surface area contributed by atoms with Crippen molar-refractivity contribution in [3.63, 3.8) is 0 Å². The van der Waals surface area contributed by atoms with Crippen molar-refractivity contribution < 1.29 is 5.11 Å². The fourth-order valence-electron chi connectivity index (χ4n) is 2.50. The van der Waals surface area contributed by atoms with Gasteiger partial charge in [0.2, 0.25) is 0 Å². The minimum absolute atomic E-state index is 0.499. The molecule has 0 aliphatic carbocycles. The molecule has 1 unspecified atom stereocenters. The first-order valence-corrected chi connectivity index (χ1v) is 6.31. The third-order valence-electron chi connectivity index (χ3n) is 2.94. The first kappa shape index (κ1) is 15.5. The van der Waals surface area contributed by atoms with Crippen molar-refractivity contribution in [3.8, 4) is 0 Å².